The highest BCUT2D eigenvalue weighted by Crippen LogP contribution is 2.10. The fraction of sp³-hybridized carbons (Fsp3) is 0.286. The average molecular weight is 163 g/mol. The number of nitrogens with two attached hydrogens (primary N) is 1. The summed E-state index contributed by atoms with van der Waals surface area (Å²) < 4.78 is 1.64. The van der Waals surface area contributed by atoms with Crippen molar-refractivity contribution in [2.24, 2.45) is 0 Å². The molecule has 2 N–H and O–H groups in total. The molecule has 0 radical (unpaired) electrons. The van der Waals surface area contributed by atoms with Gasteiger partial charge < -0.3 is 5.73 Å². The van der Waals surface area contributed by atoms with Crippen molar-refractivity contribution in [2.75, 3.05) is 5.73 Å². The number of rotatable bonds is 0. The van der Waals surface area contributed by atoms with Crippen LogP contribution in [0.4, 0.5) is 5.69 Å². The Labute approximate surface area is 69.2 Å². The third kappa shape index (κ3) is 0.827. The van der Waals surface area contributed by atoms with Crippen molar-refractivity contribution in [3.05, 3.63) is 17.6 Å². The average Bonchev–Trinajstić information content (AvgIpc) is 2.33. The maximum absolute atomic E-state index is 5.71. The Kier molecular flexibility index (Phi) is 1.27. The lowest BCUT2D eigenvalue weighted by molar-refractivity contribution is 0.852. The molecule has 0 unspecified atom stereocenters. The molecule has 62 valence electrons. The zero-order valence-corrected chi connectivity index (χ0v) is 6.94. The molecular weight excluding hydrogens is 154 g/mol. The van der Waals surface area contributed by atoms with Gasteiger partial charge in [0.1, 0.15) is 0 Å². The number of nitrogens with zero attached hydrogens (tertiary/aromatic N) is 4. The van der Waals surface area contributed by atoms with Gasteiger partial charge in [-0.25, -0.2) is 0 Å². The number of aryl methyl sites for hydroxylation is 2. The van der Waals surface area contributed by atoms with Crippen LogP contribution in [0.15, 0.2) is 6.07 Å². The van der Waals surface area contributed by atoms with Crippen molar-refractivity contribution < 1.29 is 0 Å². The van der Waals surface area contributed by atoms with Crippen LogP contribution in [0.3, 0.4) is 0 Å². The molecule has 12 heavy (non-hydrogen) atoms. The van der Waals surface area contributed by atoms with Crippen LogP contribution in [-0.2, 0) is 0 Å². The second kappa shape index (κ2) is 2.17. The molecule has 0 atom stereocenters. The van der Waals surface area contributed by atoms with E-state index < -0.39 is 0 Å². The number of hydrogen-bond acceptors (Lipinski definition) is 4. The van der Waals surface area contributed by atoms with E-state index in [9.17, 15) is 0 Å². The lowest BCUT2D eigenvalue weighted by atomic mass is 10.4. The largest absolute Gasteiger partial charge is 0.396 e. The smallest absolute Gasteiger partial charge is 0.200 e. The number of anilines is 1. The highest BCUT2D eigenvalue weighted by Gasteiger charge is 2.05. The SMILES string of the molecule is Cc1cc(N)c2nnc(C)n2n1. The molecule has 0 spiro atoms. The summed E-state index contributed by atoms with van der Waals surface area (Å²) in [5.41, 5.74) is 7.81. The van der Waals surface area contributed by atoms with E-state index in [2.05, 4.69) is 15.3 Å². The fourth-order valence-electron chi connectivity index (χ4n) is 1.13. The van der Waals surface area contributed by atoms with E-state index in [0.29, 0.717) is 11.3 Å². The first-order chi connectivity index (χ1) is 5.68. The Morgan fingerprint density at radius 2 is 2.08 bits per heavy atom. The molecule has 0 aliphatic rings. The van der Waals surface area contributed by atoms with Gasteiger partial charge in [-0.2, -0.15) is 9.61 Å². The molecule has 0 fully saturated rings. The highest BCUT2D eigenvalue weighted by molar-refractivity contribution is 5.63. The lowest BCUT2D eigenvalue weighted by Crippen LogP contribution is -2.00. The van der Waals surface area contributed by atoms with E-state index in [1.807, 2.05) is 13.8 Å². The molecule has 5 heteroatoms. The molecular formula is C7H9N5. The van der Waals surface area contributed by atoms with Gasteiger partial charge in [-0.3, -0.25) is 0 Å². The molecule has 2 heterocycles. The Morgan fingerprint density at radius 1 is 1.33 bits per heavy atom. The molecule has 0 aromatic carbocycles. The zero-order valence-electron chi connectivity index (χ0n) is 6.94. The van der Waals surface area contributed by atoms with Crippen LogP contribution in [0.25, 0.3) is 5.65 Å². The normalized spacial score (nSPS) is 10.8. The van der Waals surface area contributed by atoms with Crippen molar-refractivity contribution in [3.8, 4) is 0 Å². The molecule has 0 amide bonds. The minimum absolute atomic E-state index is 0.614. The van der Waals surface area contributed by atoms with Crippen LogP contribution in [0.2, 0.25) is 0 Å². The summed E-state index contributed by atoms with van der Waals surface area (Å²) in [6.07, 6.45) is 0. The minimum Gasteiger partial charge on any atom is -0.396 e. The van der Waals surface area contributed by atoms with Crippen molar-refractivity contribution in [2.45, 2.75) is 13.8 Å². The molecule has 2 aromatic rings. The van der Waals surface area contributed by atoms with Gasteiger partial charge in [0, 0.05) is 0 Å². The van der Waals surface area contributed by atoms with E-state index in [-0.39, 0.29) is 0 Å². The van der Waals surface area contributed by atoms with E-state index >= 15 is 0 Å². The quantitative estimate of drug-likeness (QED) is 0.607. The summed E-state index contributed by atoms with van der Waals surface area (Å²) in [6.45, 7) is 3.72. The number of fused-ring (bicyclic) bond motifs is 1. The van der Waals surface area contributed by atoms with Crippen LogP contribution in [-0.4, -0.2) is 19.8 Å². The first-order valence-corrected chi connectivity index (χ1v) is 3.63. The molecule has 2 rings (SSSR count). The number of aromatic nitrogens is 4. The lowest BCUT2D eigenvalue weighted by Gasteiger charge is -1.98. The summed E-state index contributed by atoms with van der Waals surface area (Å²) in [7, 11) is 0. The van der Waals surface area contributed by atoms with E-state index in [1.165, 1.54) is 0 Å². The third-order valence-corrected chi connectivity index (χ3v) is 1.68. The minimum atomic E-state index is 0.614. The standard InChI is InChI=1S/C7H9N5/c1-4-3-6(8)7-10-9-5(2)12(7)11-4/h3H,8H2,1-2H3. The monoisotopic (exact) mass is 163 g/mol. The van der Waals surface area contributed by atoms with Gasteiger partial charge in [0.2, 0.25) is 5.65 Å². The Bertz CT molecular complexity index is 431. The van der Waals surface area contributed by atoms with Crippen LogP contribution >= 0.6 is 0 Å². The summed E-state index contributed by atoms with van der Waals surface area (Å²) in [4.78, 5) is 0. The zero-order chi connectivity index (χ0) is 8.72. The molecule has 2 aromatic heterocycles. The predicted octanol–water partition coefficient (Wildman–Crippen LogP) is 0.323. The predicted molar refractivity (Wildman–Crippen MR) is 44.7 cm³/mol. The van der Waals surface area contributed by atoms with Crippen LogP contribution in [0.1, 0.15) is 11.5 Å². The first-order valence-electron chi connectivity index (χ1n) is 3.63. The topological polar surface area (TPSA) is 69.1 Å². The third-order valence-electron chi connectivity index (χ3n) is 1.68. The molecule has 0 saturated carbocycles. The van der Waals surface area contributed by atoms with Gasteiger partial charge in [0.15, 0.2) is 5.82 Å². The van der Waals surface area contributed by atoms with Crippen molar-refractivity contribution in [1.29, 1.82) is 0 Å². The summed E-state index contributed by atoms with van der Waals surface area (Å²) >= 11 is 0. The Hall–Kier alpha value is -1.65. The molecule has 0 aliphatic heterocycles. The first kappa shape index (κ1) is 7.02. The van der Waals surface area contributed by atoms with Gasteiger partial charge in [0.25, 0.3) is 0 Å². The van der Waals surface area contributed by atoms with E-state index in [4.69, 9.17) is 5.73 Å². The van der Waals surface area contributed by atoms with E-state index in [1.54, 1.807) is 10.6 Å². The van der Waals surface area contributed by atoms with Crippen molar-refractivity contribution >= 4 is 11.3 Å². The Balaban J connectivity index is 2.92. The Morgan fingerprint density at radius 3 is 2.83 bits per heavy atom. The van der Waals surface area contributed by atoms with Gasteiger partial charge in [-0.15, -0.1) is 10.2 Å². The van der Waals surface area contributed by atoms with Crippen LogP contribution in [0.5, 0.6) is 0 Å². The summed E-state index contributed by atoms with van der Waals surface area (Å²) in [5, 5.41) is 12.0. The molecule has 0 bridgehead atoms. The maximum Gasteiger partial charge on any atom is 0.200 e. The summed E-state index contributed by atoms with van der Waals surface area (Å²) in [6, 6.07) is 1.78. The second-order valence-electron chi connectivity index (χ2n) is 2.72. The van der Waals surface area contributed by atoms with Crippen LogP contribution < -0.4 is 5.73 Å². The number of hydrogen-bond donors (Lipinski definition) is 1. The molecule has 0 aliphatic carbocycles. The highest BCUT2D eigenvalue weighted by atomic mass is 15.4. The van der Waals surface area contributed by atoms with Crippen molar-refractivity contribution in [1.82, 2.24) is 19.8 Å². The second-order valence-corrected chi connectivity index (χ2v) is 2.72. The summed E-state index contributed by atoms with van der Waals surface area (Å²) in [5.74, 6) is 0.750. The maximum atomic E-state index is 5.71. The van der Waals surface area contributed by atoms with Gasteiger partial charge in [0.05, 0.1) is 11.4 Å². The van der Waals surface area contributed by atoms with Gasteiger partial charge in [-0.1, -0.05) is 0 Å². The fourth-order valence-corrected chi connectivity index (χ4v) is 1.13. The molecule has 0 saturated heterocycles. The number of nitrogen functional groups attached to an aromatic ring is 1. The van der Waals surface area contributed by atoms with Gasteiger partial charge in [-0.05, 0) is 19.9 Å². The molecule has 5 nitrogen and oxygen atoms in total. The van der Waals surface area contributed by atoms with Crippen LogP contribution in [0, 0.1) is 13.8 Å². The van der Waals surface area contributed by atoms with E-state index in [0.717, 1.165) is 11.5 Å². The van der Waals surface area contributed by atoms with Crippen molar-refractivity contribution in [3.63, 3.8) is 0 Å². The van der Waals surface area contributed by atoms with Gasteiger partial charge >= 0.3 is 0 Å².